The average Bonchev–Trinajstić information content (AvgIpc) is 3.33. The summed E-state index contributed by atoms with van der Waals surface area (Å²) in [6.07, 6.45) is 0.443. The number of sulfonamides is 1. The van der Waals surface area contributed by atoms with Gasteiger partial charge in [-0.25, -0.2) is 4.39 Å². The molecule has 0 saturated heterocycles. The zero-order valence-corrected chi connectivity index (χ0v) is 15.3. The van der Waals surface area contributed by atoms with Crippen molar-refractivity contribution in [2.24, 2.45) is 5.10 Å². The number of halogens is 1. The lowest BCUT2D eigenvalue weighted by atomic mass is 10.0. The van der Waals surface area contributed by atoms with Gasteiger partial charge in [-0.15, -0.1) is 11.3 Å². The second-order valence-electron chi connectivity index (χ2n) is 5.89. The monoisotopic (exact) mass is 386 g/mol. The van der Waals surface area contributed by atoms with Crippen LogP contribution in [0.25, 0.3) is 0 Å². The molecule has 0 radical (unpaired) electrons. The third-order valence-electron chi connectivity index (χ3n) is 4.22. The van der Waals surface area contributed by atoms with E-state index in [-0.39, 0.29) is 10.7 Å². The Morgan fingerprint density at radius 3 is 2.38 bits per heavy atom. The van der Waals surface area contributed by atoms with E-state index in [1.807, 2.05) is 17.5 Å². The van der Waals surface area contributed by atoms with E-state index in [1.54, 1.807) is 42.5 Å². The van der Waals surface area contributed by atoms with Crippen LogP contribution in [0.2, 0.25) is 0 Å². The van der Waals surface area contributed by atoms with Crippen molar-refractivity contribution < 1.29 is 12.8 Å². The van der Waals surface area contributed by atoms with Crippen LogP contribution in [-0.2, 0) is 10.0 Å². The first-order valence-electron chi connectivity index (χ1n) is 8.02. The van der Waals surface area contributed by atoms with Crippen LogP contribution in [0, 0.1) is 5.82 Å². The summed E-state index contributed by atoms with van der Waals surface area (Å²) in [7, 11) is -3.81. The van der Waals surface area contributed by atoms with Gasteiger partial charge in [-0.1, -0.05) is 36.4 Å². The molecule has 4 rings (SSSR count). The molecular weight excluding hydrogens is 371 g/mol. The van der Waals surface area contributed by atoms with Crippen LogP contribution in [-0.4, -0.2) is 18.5 Å². The third kappa shape index (κ3) is 3.04. The Morgan fingerprint density at radius 2 is 1.73 bits per heavy atom. The van der Waals surface area contributed by atoms with Crippen LogP contribution < -0.4 is 0 Å². The first-order valence-corrected chi connectivity index (χ1v) is 10.3. The lowest BCUT2D eigenvalue weighted by molar-refractivity contribution is 0.371. The highest BCUT2D eigenvalue weighted by molar-refractivity contribution is 7.89. The highest BCUT2D eigenvalue weighted by Crippen LogP contribution is 2.37. The Kier molecular flexibility index (Phi) is 4.34. The Morgan fingerprint density at radius 1 is 1.00 bits per heavy atom. The summed E-state index contributed by atoms with van der Waals surface area (Å²) >= 11 is 1.52. The van der Waals surface area contributed by atoms with E-state index in [9.17, 15) is 12.8 Å². The summed E-state index contributed by atoms with van der Waals surface area (Å²) in [5.41, 5.74) is 1.43. The molecule has 0 N–H and O–H groups in total. The summed E-state index contributed by atoms with van der Waals surface area (Å²) in [5, 5.41) is 6.37. The Labute approximate surface area is 155 Å². The fourth-order valence-corrected chi connectivity index (χ4v) is 5.11. The van der Waals surface area contributed by atoms with Crippen LogP contribution in [0.5, 0.6) is 0 Å². The highest BCUT2D eigenvalue weighted by atomic mass is 32.2. The zero-order valence-electron chi connectivity index (χ0n) is 13.6. The molecule has 0 spiro atoms. The van der Waals surface area contributed by atoms with Gasteiger partial charge in [-0.3, -0.25) is 0 Å². The molecule has 0 bridgehead atoms. The van der Waals surface area contributed by atoms with Crippen LogP contribution in [0.4, 0.5) is 4.39 Å². The number of thiophene rings is 1. The van der Waals surface area contributed by atoms with Crippen molar-refractivity contribution in [3.63, 3.8) is 0 Å². The fourth-order valence-electron chi connectivity index (χ4n) is 2.94. The Balaban J connectivity index is 1.79. The van der Waals surface area contributed by atoms with Crippen molar-refractivity contribution in [3.8, 4) is 0 Å². The maximum absolute atomic E-state index is 13.3. The second kappa shape index (κ2) is 6.66. The molecule has 0 fully saturated rings. The lowest BCUT2D eigenvalue weighted by Gasteiger charge is -2.23. The fraction of sp³-hybridized carbons (Fsp3) is 0.105. The zero-order chi connectivity index (χ0) is 18.1. The molecule has 26 heavy (non-hydrogen) atoms. The topological polar surface area (TPSA) is 49.7 Å². The molecule has 1 atom stereocenters. The van der Waals surface area contributed by atoms with E-state index in [0.29, 0.717) is 17.7 Å². The molecule has 0 amide bonds. The van der Waals surface area contributed by atoms with Gasteiger partial charge in [0, 0.05) is 6.42 Å². The molecule has 0 aliphatic carbocycles. The quantitative estimate of drug-likeness (QED) is 0.666. The largest absolute Gasteiger partial charge is 0.279 e. The molecule has 1 aromatic heterocycles. The Hall–Kier alpha value is -2.51. The summed E-state index contributed by atoms with van der Waals surface area (Å²) in [6, 6.07) is 17.5. The van der Waals surface area contributed by atoms with Gasteiger partial charge in [0.1, 0.15) is 5.82 Å². The molecule has 1 aliphatic heterocycles. The molecule has 0 unspecified atom stereocenters. The third-order valence-corrected chi connectivity index (χ3v) is 6.84. The predicted molar refractivity (Wildman–Crippen MR) is 100 cm³/mol. The van der Waals surface area contributed by atoms with E-state index >= 15 is 0 Å². The van der Waals surface area contributed by atoms with Crippen molar-refractivity contribution in [2.75, 3.05) is 0 Å². The number of rotatable bonds is 4. The molecule has 2 heterocycles. The molecule has 1 aliphatic rings. The molecular formula is C19H15FN2O2S2. The number of hydrogen-bond donors (Lipinski definition) is 0. The van der Waals surface area contributed by atoms with Crippen molar-refractivity contribution in [1.82, 2.24) is 4.41 Å². The molecule has 4 nitrogen and oxygen atoms in total. The summed E-state index contributed by atoms with van der Waals surface area (Å²) in [6.45, 7) is 0. The second-order valence-corrected chi connectivity index (χ2v) is 8.63. The van der Waals surface area contributed by atoms with E-state index in [1.165, 1.54) is 23.5 Å². The SMILES string of the molecule is O=S(=O)(c1ccccc1)N1N=C(c2cccs2)C[C@H]1c1ccc(F)cc1. The first-order chi connectivity index (χ1) is 12.6. The first kappa shape index (κ1) is 16.9. The van der Waals surface area contributed by atoms with Crippen LogP contribution >= 0.6 is 11.3 Å². The molecule has 0 saturated carbocycles. The van der Waals surface area contributed by atoms with Gasteiger partial charge >= 0.3 is 0 Å². The molecule has 132 valence electrons. The minimum atomic E-state index is -3.81. The number of hydrogen-bond acceptors (Lipinski definition) is 4. The minimum Gasteiger partial charge on any atom is -0.207 e. The van der Waals surface area contributed by atoms with E-state index in [2.05, 4.69) is 5.10 Å². The van der Waals surface area contributed by atoms with Gasteiger partial charge in [0.05, 0.1) is 21.5 Å². The maximum Gasteiger partial charge on any atom is 0.279 e. The van der Waals surface area contributed by atoms with Crippen LogP contribution in [0.3, 0.4) is 0 Å². The summed E-state index contributed by atoms with van der Waals surface area (Å²) < 4.78 is 40.8. The standard InChI is InChI=1S/C19H15FN2O2S2/c20-15-10-8-14(9-11-15)18-13-17(19-7-4-12-25-19)21-22(18)26(23,24)16-5-2-1-3-6-16/h1-12,18H,13H2/t18-/m0/s1. The maximum atomic E-state index is 13.3. The normalized spacial score (nSPS) is 17.3. The van der Waals surface area contributed by atoms with Gasteiger partial charge in [0.2, 0.25) is 0 Å². The van der Waals surface area contributed by atoms with Crippen molar-refractivity contribution in [1.29, 1.82) is 0 Å². The van der Waals surface area contributed by atoms with E-state index in [4.69, 9.17) is 0 Å². The summed E-state index contributed by atoms with van der Waals surface area (Å²) in [4.78, 5) is 1.12. The molecule has 2 aromatic carbocycles. The van der Waals surface area contributed by atoms with Gasteiger partial charge in [-0.2, -0.15) is 17.9 Å². The van der Waals surface area contributed by atoms with Crippen molar-refractivity contribution in [3.05, 3.63) is 88.4 Å². The summed E-state index contributed by atoms with van der Waals surface area (Å²) in [5.74, 6) is -0.358. The van der Waals surface area contributed by atoms with Gasteiger partial charge in [0.25, 0.3) is 10.0 Å². The van der Waals surface area contributed by atoms with Gasteiger partial charge in [-0.05, 0) is 41.3 Å². The number of benzene rings is 2. The predicted octanol–water partition coefficient (Wildman–Crippen LogP) is 4.43. The van der Waals surface area contributed by atoms with Crippen LogP contribution in [0.15, 0.2) is 82.1 Å². The van der Waals surface area contributed by atoms with E-state index < -0.39 is 16.1 Å². The number of hydrazone groups is 1. The lowest BCUT2D eigenvalue weighted by Crippen LogP contribution is -2.27. The molecule has 7 heteroatoms. The number of nitrogens with zero attached hydrogens (tertiary/aromatic N) is 2. The van der Waals surface area contributed by atoms with Crippen molar-refractivity contribution >= 4 is 27.1 Å². The Bertz CT molecular complexity index is 1030. The molecule has 3 aromatic rings. The highest BCUT2D eigenvalue weighted by Gasteiger charge is 2.37. The smallest absolute Gasteiger partial charge is 0.207 e. The van der Waals surface area contributed by atoms with Gasteiger partial charge in [0.15, 0.2) is 0 Å². The van der Waals surface area contributed by atoms with Gasteiger partial charge < -0.3 is 0 Å². The average molecular weight is 386 g/mol. The van der Waals surface area contributed by atoms with E-state index in [0.717, 1.165) is 9.29 Å². The van der Waals surface area contributed by atoms with Crippen LogP contribution in [0.1, 0.15) is 22.9 Å². The van der Waals surface area contributed by atoms with Crippen molar-refractivity contribution in [2.45, 2.75) is 17.4 Å². The minimum absolute atomic E-state index is 0.184.